The molecule has 1 saturated carbocycles. The zero-order valence-electron chi connectivity index (χ0n) is 14.5. The molecule has 136 valence electrons. The van der Waals surface area contributed by atoms with Gasteiger partial charge in [-0.1, -0.05) is 0 Å². The van der Waals surface area contributed by atoms with Gasteiger partial charge in [-0.15, -0.1) is 0 Å². The minimum absolute atomic E-state index is 0.0961. The molecule has 1 aromatic heterocycles. The highest BCUT2D eigenvalue weighted by atomic mass is 16.2. The van der Waals surface area contributed by atoms with Gasteiger partial charge in [-0.3, -0.25) is 19.4 Å². The Kier molecular flexibility index (Phi) is 5.35. The Balaban J connectivity index is 1.47. The molecule has 1 aliphatic carbocycles. The van der Waals surface area contributed by atoms with Gasteiger partial charge in [0.1, 0.15) is 6.04 Å². The molecular weight excluding hydrogens is 322 g/mol. The summed E-state index contributed by atoms with van der Waals surface area (Å²) >= 11 is 0. The van der Waals surface area contributed by atoms with Crippen LogP contribution in [0.3, 0.4) is 0 Å². The smallest absolute Gasteiger partial charge is 0.252 e. The van der Waals surface area contributed by atoms with Crippen molar-refractivity contribution in [3.8, 4) is 0 Å². The number of aromatic amines is 1. The molecule has 0 spiro atoms. The predicted octanol–water partition coefficient (Wildman–Crippen LogP) is 0.398. The molecule has 8 heteroatoms. The minimum Gasteiger partial charge on any atom is -0.354 e. The van der Waals surface area contributed by atoms with Crippen LogP contribution in [0.2, 0.25) is 0 Å². The SMILES string of the molecule is Cc1cc(=O)[nH]c(NCCNC(=O)[C@H]2CCCCN2C(=O)C2CC2)n1. The summed E-state index contributed by atoms with van der Waals surface area (Å²) in [6, 6.07) is 1.07. The molecule has 25 heavy (non-hydrogen) atoms. The maximum atomic E-state index is 12.5. The fourth-order valence-electron chi connectivity index (χ4n) is 3.18. The van der Waals surface area contributed by atoms with Gasteiger partial charge < -0.3 is 15.5 Å². The van der Waals surface area contributed by atoms with Gasteiger partial charge in [0.2, 0.25) is 17.8 Å². The van der Waals surface area contributed by atoms with Crippen molar-refractivity contribution in [2.75, 3.05) is 25.0 Å². The van der Waals surface area contributed by atoms with Crippen LogP contribution in [0.5, 0.6) is 0 Å². The van der Waals surface area contributed by atoms with E-state index in [4.69, 9.17) is 0 Å². The molecule has 0 radical (unpaired) electrons. The first kappa shape index (κ1) is 17.4. The molecule has 8 nitrogen and oxygen atoms in total. The second kappa shape index (κ2) is 7.67. The monoisotopic (exact) mass is 347 g/mol. The van der Waals surface area contributed by atoms with Crippen molar-refractivity contribution in [2.24, 2.45) is 5.92 Å². The number of carbonyl (C=O) groups is 2. The molecule has 1 aliphatic heterocycles. The average molecular weight is 347 g/mol. The lowest BCUT2D eigenvalue weighted by atomic mass is 10.0. The van der Waals surface area contributed by atoms with Crippen molar-refractivity contribution in [1.82, 2.24) is 20.2 Å². The number of H-pyrrole nitrogens is 1. The summed E-state index contributed by atoms with van der Waals surface area (Å²) in [6.45, 7) is 3.27. The molecule has 1 atom stereocenters. The molecule has 3 rings (SSSR count). The van der Waals surface area contributed by atoms with Gasteiger partial charge in [0, 0.05) is 37.3 Å². The number of aryl methyl sites for hydroxylation is 1. The summed E-state index contributed by atoms with van der Waals surface area (Å²) in [7, 11) is 0. The Morgan fingerprint density at radius 1 is 1.28 bits per heavy atom. The van der Waals surface area contributed by atoms with Crippen LogP contribution in [-0.4, -0.2) is 52.4 Å². The molecular formula is C17H25N5O3. The molecule has 1 aromatic rings. The van der Waals surface area contributed by atoms with E-state index in [1.54, 1.807) is 11.8 Å². The number of hydrogen-bond donors (Lipinski definition) is 3. The Morgan fingerprint density at radius 2 is 2.08 bits per heavy atom. The Hall–Kier alpha value is -2.38. The standard InChI is InChI=1S/C17H25N5O3/c1-11-10-14(23)21-17(20-11)19-8-7-18-15(24)13-4-2-3-9-22(13)16(25)12-5-6-12/h10,12-13H,2-9H2,1H3,(H,18,24)(H2,19,20,21,23)/t13-/m1/s1. The largest absolute Gasteiger partial charge is 0.354 e. The van der Waals surface area contributed by atoms with Gasteiger partial charge in [-0.2, -0.15) is 0 Å². The quantitative estimate of drug-likeness (QED) is 0.646. The van der Waals surface area contributed by atoms with E-state index in [1.165, 1.54) is 6.07 Å². The van der Waals surface area contributed by atoms with Gasteiger partial charge in [0.05, 0.1) is 0 Å². The van der Waals surface area contributed by atoms with Crippen molar-refractivity contribution >= 4 is 17.8 Å². The zero-order valence-corrected chi connectivity index (χ0v) is 14.5. The van der Waals surface area contributed by atoms with Gasteiger partial charge in [-0.05, 0) is 39.0 Å². The van der Waals surface area contributed by atoms with Crippen LogP contribution in [0, 0.1) is 12.8 Å². The summed E-state index contributed by atoms with van der Waals surface area (Å²) < 4.78 is 0. The predicted molar refractivity (Wildman–Crippen MR) is 93.2 cm³/mol. The van der Waals surface area contributed by atoms with E-state index in [-0.39, 0.29) is 29.3 Å². The summed E-state index contributed by atoms with van der Waals surface area (Å²) in [4.78, 5) is 44.7. The van der Waals surface area contributed by atoms with Crippen molar-refractivity contribution in [1.29, 1.82) is 0 Å². The molecule has 2 aliphatic rings. The zero-order chi connectivity index (χ0) is 17.8. The third-order valence-electron chi connectivity index (χ3n) is 4.60. The van der Waals surface area contributed by atoms with E-state index in [2.05, 4.69) is 20.6 Å². The van der Waals surface area contributed by atoms with E-state index >= 15 is 0 Å². The summed E-state index contributed by atoms with van der Waals surface area (Å²) in [6.07, 6.45) is 4.57. The fraction of sp³-hybridized carbons (Fsp3) is 0.647. The lowest BCUT2D eigenvalue weighted by Crippen LogP contribution is -2.52. The highest BCUT2D eigenvalue weighted by molar-refractivity contribution is 5.89. The average Bonchev–Trinajstić information content (AvgIpc) is 3.42. The minimum atomic E-state index is -0.348. The summed E-state index contributed by atoms with van der Waals surface area (Å²) in [5, 5.41) is 5.87. The summed E-state index contributed by atoms with van der Waals surface area (Å²) in [5.74, 6) is 0.572. The Bertz CT molecular complexity index is 698. The summed E-state index contributed by atoms with van der Waals surface area (Å²) in [5.41, 5.74) is 0.419. The lowest BCUT2D eigenvalue weighted by molar-refractivity contribution is -0.143. The number of nitrogens with zero attached hydrogens (tertiary/aromatic N) is 2. The first-order valence-electron chi connectivity index (χ1n) is 8.94. The molecule has 2 heterocycles. The second-order valence-electron chi connectivity index (χ2n) is 6.77. The van der Waals surface area contributed by atoms with E-state index in [0.717, 1.165) is 32.1 Å². The van der Waals surface area contributed by atoms with Crippen LogP contribution in [0.1, 0.15) is 37.8 Å². The Morgan fingerprint density at radius 3 is 2.80 bits per heavy atom. The Labute approximate surface area is 146 Å². The number of rotatable bonds is 6. The molecule has 0 bridgehead atoms. The molecule has 2 fully saturated rings. The highest BCUT2D eigenvalue weighted by Crippen LogP contribution is 2.33. The van der Waals surface area contributed by atoms with Crippen LogP contribution in [0.15, 0.2) is 10.9 Å². The maximum absolute atomic E-state index is 12.5. The highest BCUT2D eigenvalue weighted by Gasteiger charge is 2.39. The normalized spacial score (nSPS) is 20.2. The van der Waals surface area contributed by atoms with Gasteiger partial charge >= 0.3 is 0 Å². The molecule has 0 aromatic carbocycles. The number of carbonyl (C=O) groups excluding carboxylic acids is 2. The topological polar surface area (TPSA) is 107 Å². The van der Waals surface area contributed by atoms with Crippen LogP contribution >= 0.6 is 0 Å². The van der Waals surface area contributed by atoms with Crippen molar-refractivity contribution < 1.29 is 9.59 Å². The van der Waals surface area contributed by atoms with E-state index in [1.807, 2.05) is 0 Å². The van der Waals surface area contributed by atoms with E-state index < -0.39 is 0 Å². The van der Waals surface area contributed by atoms with Gasteiger partial charge in [0.15, 0.2) is 0 Å². The number of likely N-dealkylation sites (tertiary alicyclic amines) is 1. The van der Waals surface area contributed by atoms with E-state index in [0.29, 0.717) is 31.3 Å². The second-order valence-corrected chi connectivity index (χ2v) is 6.77. The van der Waals surface area contributed by atoms with Crippen LogP contribution in [0.25, 0.3) is 0 Å². The van der Waals surface area contributed by atoms with Crippen LogP contribution in [0.4, 0.5) is 5.95 Å². The van der Waals surface area contributed by atoms with E-state index in [9.17, 15) is 14.4 Å². The number of anilines is 1. The van der Waals surface area contributed by atoms with Crippen LogP contribution in [-0.2, 0) is 9.59 Å². The molecule has 2 amide bonds. The molecule has 3 N–H and O–H groups in total. The fourth-order valence-corrected chi connectivity index (χ4v) is 3.18. The molecule has 0 unspecified atom stereocenters. The van der Waals surface area contributed by atoms with Crippen molar-refractivity contribution in [3.63, 3.8) is 0 Å². The first-order valence-corrected chi connectivity index (χ1v) is 8.94. The van der Waals surface area contributed by atoms with Gasteiger partial charge in [-0.25, -0.2) is 4.98 Å². The number of nitrogens with one attached hydrogen (secondary N) is 3. The van der Waals surface area contributed by atoms with Crippen molar-refractivity contribution in [2.45, 2.75) is 45.1 Å². The number of hydrogen-bond acceptors (Lipinski definition) is 5. The maximum Gasteiger partial charge on any atom is 0.252 e. The third-order valence-corrected chi connectivity index (χ3v) is 4.60. The lowest BCUT2D eigenvalue weighted by Gasteiger charge is -2.35. The molecule has 1 saturated heterocycles. The number of aromatic nitrogens is 2. The number of amides is 2. The first-order chi connectivity index (χ1) is 12.0. The third kappa shape index (κ3) is 4.58. The van der Waals surface area contributed by atoms with Crippen LogP contribution < -0.4 is 16.2 Å². The number of piperidine rings is 1. The van der Waals surface area contributed by atoms with Gasteiger partial charge in [0.25, 0.3) is 5.56 Å². The van der Waals surface area contributed by atoms with Crippen molar-refractivity contribution in [3.05, 3.63) is 22.1 Å².